The summed E-state index contributed by atoms with van der Waals surface area (Å²) < 4.78 is 0. The van der Waals surface area contributed by atoms with Gasteiger partial charge in [-0.3, -0.25) is 0 Å². The quantitative estimate of drug-likeness (QED) is 0.553. The SMILES string of the molecule is CC(C)(C)C[C@@H]1C[C@@H]1C(C)(C)C. The smallest absolute Gasteiger partial charge is 0.0334 e. The summed E-state index contributed by atoms with van der Waals surface area (Å²) in [5.74, 6) is 2.02. The van der Waals surface area contributed by atoms with E-state index in [2.05, 4.69) is 41.5 Å². The van der Waals surface area contributed by atoms with Crippen LogP contribution in [0.5, 0.6) is 0 Å². The van der Waals surface area contributed by atoms with Crippen molar-refractivity contribution in [2.75, 3.05) is 0 Å². The summed E-state index contributed by atoms with van der Waals surface area (Å²) in [4.78, 5) is 0. The molecule has 0 amide bonds. The van der Waals surface area contributed by atoms with E-state index in [1.54, 1.807) is 0 Å². The third-order valence-corrected chi connectivity index (χ3v) is 2.91. The Hall–Kier alpha value is 0. The van der Waals surface area contributed by atoms with E-state index in [0.29, 0.717) is 10.8 Å². The van der Waals surface area contributed by atoms with Crippen molar-refractivity contribution in [1.82, 2.24) is 0 Å². The van der Waals surface area contributed by atoms with Gasteiger partial charge in [0.15, 0.2) is 0 Å². The first-order chi connectivity index (χ1) is 5.20. The van der Waals surface area contributed by atoms with Gasteiger partial charge in [0, 0.05) is 0 Å². The van der Waals surface area contributed by atoms with E-state index >= 15 is 0 Å². The minimum Gasteiger partial charge on any atom is -0.0602 e. The molecule has 0 aliphatic heterocycles. The van der Waals surface area contributed by atoms with Crippen LogP contribution >= 0.6 is 0 Å². The first kappa shape index (κ1) is 10.1. The lowest BCUT2D eigenvalue weighted by atomic mass is 9.84. The van der Waals surface area contributed by atoms with Crippen LogP contribution in [0.1, 0.15) is 54.4 Å². The Morgan fingerprint density at radius 1 is 1.00 bits per heavy atom. The standard InChI is InChI=1S/C12H24/c1-11(2,3)8-9-7-10(9)12(4,5)6/h9-10H,7-8H2,1-6H3/t9-,10-/m0/s1. The number of hydrogen-bond donors (Lipinski definition) is 0. The zero-order valence-electron chi connectivity index (χ0n) is 9.57. The largest absolute Gasteiger partial charge is 0.0602 e. The Kier molecular flexibility index (Phi) is 2.31. The first-order valence-electron chi connectivity index (χ1n) is 5.20. The molecule has 0 bridgehead atoms. The summed E-state index contributed by atoms with van der Waals surface area (Å²) in [6.45, 7) is 14.2. The highest BCUT2D eigenvalue weighted by atomic mass is 14.5. The van der Waals surface area contributed by atoms with Crippen molar-refractivity contribution < 1.29 is 0 Å². The second-order valence-corrected chi connectivity index (χ2v) is 6.73. The molecule has 0 spiro atoms. The summed E-state index contributed by atoms with van der Waals surface area (Å²) in [5, 5.41) is 0. The molecule has 0 heterocycles. The predicted molar refractivity (Wildman–Crippen MR) is 55.1 cm³/mol. The van der Waals surface area contributed by atoms with Crippen LogP contribution in [0.4, 0.5) is 0 Å². The Bertz CT molecular complexity index is 154. The summed E-state index contributed by atoms with van der Waals surface area (Å²) in [6, 6.07) is 0. The molecule has 1 saturated carbocycles. The van der Waals surface area contributed by atoms with Crippen LogP contribution in [0.15, 0.2) is 0 Å². The maximum atomic E-state index is 2.38. The fourth-order valence-electron chi connectivity index (χ4n) is 2.32. The Balaban J connectivity index is 2.35. The van der Waals surface area contributed by atoms with E-state index in [-0.39, 0.29) is 0 Å². The van der Waals surface area contributed by atoms with Crippen molar-refractivity contribution in [2.24, 2.45) is 22.7 Å². The highest BCUT2D eigenvalue weighted by molar-refractivity contribution is 4.95. The average Bonchev–Trinajstić information content (AvgIpc) is 2.37. The maximum Gasteiger partial charge on any atom is -0.0334 e. The van der Waals surface area contributed by atoms with E-state index in [4.69, 9.17) is 0 Å². The number of hydrogen-bond acceptors (Lipinski definition) is 0. The van der Waals surface area contributed by atoms with Gasteiger partial charge in [0.25, 0.3) is 0 Å². The van der Waals surface area contributed by atoms with E-state index in [1.165, 1.54) is 12.8 Å². The van der Waals surface area contributed by atoms with E-state index < -0.39 is 0 Å². The minimum absolute atomic E-state index is 0.532. The van der Waals surface area contributed by atoms with Crippen molar-refractivity contribution in [3.05, 3.63) is 0 Å². The highest BCUT2D eigenvalue weighted by Crippen LogP contribution is 2.54. The van der Waals surface area contributed by atoms with Gasteiger partial charge in [-0.1, -0.05) is 41.5 Å². The zero-order valence-corrected chi connectivity index (χ0v) is 9.57. The fourth-order valence-corrected chi connectivity index (χ4v) is 2.32. The van der Waals surface area contributed by atoms with E-state index in [0.717, 1.165) is 11.8 Å². The Morgan fingerprint density at radius 3 is 1.75 bits per heavy atom. The fraction of sp³-hybridized carbons (Fsp3) is 1.00. The lowest BCUT2D eigenvalue weighted by molar-refractivity contribution is 0.284. The Morgan fingerprint density at radius 2 is 1.50 bits per heavy atom. The molecule has 1 rings (SSSR count). The molecule has 0 N–H and O–H groups in total. The molecule has 12 heavy (non-hydrogen) atoms. The molecule has 0 radical (unpaired) electrons. The topological polar surface area (TPSA) is 0 Å². The normalized spacial score (nSPS) is 30.5. The lowest BCUT2D eigenvalue weighted by Crippen LogP contribution is -2.12. The lowest BCUT2D eigenvalue weighted by Gasteiger charge is -2.22. The average molecular weight is 168 g/mol. The molecule has 0 aromatic rings. The summed E-state index contributed by atoms with van der Waals surface area (Å²) in [5.41, 5.74) is 1.08. The number of rotatable bonds is 1. The zero-order chi connectivity index (χ0) is 9.57. The van der Waals surface area contributed by atoms with Gasteiger partial charge >= 0.3 is 0 Å². The van der Waals surface area contributed by atoms with Gasteiger partial charge in [-0.2, -0.15) is 0 Å². The van der Waals surface area contributed by atoms with Crippen molar-refractivity contribution >= 4 is 0 Å². The summed E-state index contributed by atoms with van der Waals surface area (Å²) in [7, 11) is 0. The van der Waals surface area contributed by atoms with E-state index in [1.807, 2.05) is 0 Å². The monoisotopic (exact) mass is 168 g/mol. The van der Waals surface area contributed by atoms with Crippen molar-refractivity contribution in [1.29, 1.82) is 0 Å². The maximum absolute atomic E-state index is 2.38. The molecule has 72 valence electrons. The molecule has 1 aliphatic carbocycles. The van der Waals surface area contributed by atoms with Gasteiger partial charge < -0.3 is 0 Å². The summed E-state index contributed by atoms with van der Waals surface area (Å²) in [6.07, 6.45) is 2.88. The van der Waals surface area contributed by atoms with Crippen LogP contribution < -0.4 is 0 Å². The second kappa shape index (κ2) is 2.75. The van der Waals surface area contributed by atoms with Crippen molar-refractivity contribution in [2.45, 2.75) is 54.4 Å². The van der Waals surface area contributed by atoms with Gasteiger partial charge in [0.05, 0.1) is 0 Å². The molecule has 0 unspecified atom stereocenters. The first-order valence-corrected chi connectivity index (χ1v) is 5.20. The minimum atomic E-state index is 0.532. The van der Waals surface area contributed by atoms with Crippen LogP contribution in [0.25, 0.3) is 0 Å². The molecule has 0 aromatic carbocycles. The second-order valence-electron chi connectivity index (χ2n) is 6.73. The van der Waals surface area contributed by atoms with Crippen molar-refractivity contribution in [3.8, 4) is 0 Å². The molecule has 1 aliphatic rings. The molecule has 1 fully saturated rings. The van der Waals surface area contributed by atoms with Gasteiger partial charge in [-0.25, -0.2) is 0 Å². The summed E-state index contributed by atoms with van der Waals surface area (Å²) >= 11 is 0. The molecule has 2 atom stereocenters. The molecule has 0 aromatic heterocycles. The van der Waals surface area contributed by atoms with Gasteiger partial charge in [0.1, 0.15) is 0 Å². The van der Waals surface area contributed by atoms with Crippen LogP contribution in [0.2, 0.25) is 0 Å². The van der Waals surface area contributed by atoms with Gasteiger partial charge in [-0.15, -0.1) is 0 Å². The predicted octanol–water partition coefficient (Wildman–Crippen LogP) is 4.10. The van der Waals surface area contributed by atoms with Crippen LogP contribution in [0.3, 0.4) is 0 Å². The van der Waals surface area contributed by atoms with Crippen LogP contribution in [-0.2, 0) is 0 Å². The van der Waals surface area contributed by atoms with E-state index in [9.17, 15) is 0 Å². The third-order valence-electron chi connectivity index (χ3n) is 2.91. The molecular formula is C12H24. The van der Waals surface area contributed by atoms with Gasteiger partial charge in [0.2, 0.25) is 0 Å². The molecule has 0 nitrogen and oxygen atoms in total. The molecule has 0 saturated heterocycles. The van der Waals surface area contributed by atoms with Crippen LogP contribution in [0, 0.1) is 22.7 Å². The molecule has 0 heteroatoms. The highest BCUT2D eigenvalue weighted by Gasteiger charge is 2.45. The molecular weight excluding hydrogens is 144 g/mol. The Labute approximate surface area is 77.7 Å². The van der Waals surface area contributed by atoms with Crippen molar-refractivity contribution in [3.63, 3.8) is 0 Å². The third kappa shape index (κ3) is 2.80. The van der Waals surface area contributed by atoms with Gasteiger partial charge in [-0.05, 0) is 35.5 Å². The van der Waals surface area contributed by atoms with Crippen LogP contribution in [-0.4, -0.2) is 0 Å².